The van der Waals surface area contributed by atoms with Crippen LogP contribution < -0.4 is 5.32 Å². The molecule has 20 heavy (non-hydrogen) atoms. The highest BCUT2D eigenvalue weighted by Gasteiger charge is 2.17. The van der Waals surface area contributed by atoms with E-state index >= 15 is 0 Å². The lowest BCUT2D eigenvalue weighted by atomic mass is 9.98. The minimum Gasteiger partial charge on any atom is -0.313 e. The van der Waals surface area contributed by atoms with Crippen molar-refractivity contribution in [2.75, 3.05) is 7.05 Å². The van der Waals surface area contributed by atoms with E-state index in [9.17, 15) is 13.2 Å². The molecule has 2 aromatic carbocycles. The predicted octanol–water partition coefficient (Wildman–Crippen LogP) is 4.37. The van der Waals surface area contributed by atoms with Gasteiger partial charge in [-0.15, -0.1) is 0 Å². The van der Waals surface area contributed by atoms with Crippen LogP contribution in [-0.4, -0.2) is 7.05 Å². The quantitative estimate of drug-likeness (QED) is 0.869. The van der Waals surface area contributed by atoms with Gasteiger partial charge in [0, 0.05) is 10.5 Å². The Morgan fingerprint density at radius 1 is 1.15 bits per heavy atom. The Morgan fingerprint density at radius 2 is 1.90 bits per heavy atom. The van der Waals surface area contributed by atoms with Gasteiger partial charge in [-0.25, -0.2) is 13.2 Å². The molecule has 5 heteroatoms. The van der Waals surface area contributed by atoms with E-state index in [1.54, 1.807) is 13.1 Å². The van der Waals surface area contributed by atoms with Crippen LogP contribution in [0.4, 0.5) is 13.2 Å². The summed E-state index contributed by atoms with van der Waals surface area (Å²) in [6.07, 6.45) is 0.224. The number of hydrogen-bond acceptors (Lipinski definition) is 1. The van der Waals surface area contributed by atoms with E-state index in [2.05, 4.69) is 21.2 Å². The second kappa shape index (κ2) is 6.41. The standard InChI is InChI=1S/C15H13BrF3N/c1-20-14(11-8-10(17)5-6-12(11)16)7-9-3-2-4-13(18)15(9)19/h2-6,8,14,20H,7H2,1H3. The molecular weight excluding hydrogens is 331 g/mol. The summed E-state index contributed by atoms with van der Waals surface area (Å²) >= 11 is 3.34. The van der Waals surface area contributed by atoms with Gasteiger partial charge < -0.3 is 5.32 Å². The van der Waals surface area contributed by atoms with Gasteiger partial charge in [0.15, 0.2) is 11.6 Å². The van der Waals surface area contributed by atoms with E-state index in [-0.39, 0.29) is 23.8 Å². The van der Waals surface area contributed by atoms with Crippen LogP contribution in [0.2, 0.25) is 0 Å². The molecule has 1 atom stereocenters. The zero-order valence-electron chi connectivity index (χ0n) is 10.8. The van der Waals surface area contributed by atoms with Gasteiger partial charge in [0.25, 0.3) is 0 Å². The van der Waals surface area contributed by atoms with Crippen LogP contribution in [0, 0.1) is 17.5 Å². The number of benzene rings is 2. The van der Waals surface area contributed by atoms with Crippen LogP contribution in [0.15, 0.2) is 40.9 Å². The predicted molar refractivity (Wildman–Crippen MR) is 76.0 cm³/mol. The molecule has 1 N–H and O–H groups in total. The molecule has 0 amide bonds. The monoisotopic (exact) mass is 343 g/mol. The maximum atomic E-state index is 13.7. The third kappa shape index (κ3) is 3.22. The zero-order valence-corrected chi connectivity index (χ0v) is 12.3. The lowest BCUT2D eigenvalue weighted by Gasteiger charge is -2.19. The van der Waals surface area contributed by atoms with E-state index in [4.69, 9.17) is 0 Å². The van der Waals surface area contributed by atoms with Crippen LogP contribution in [0.5, 0.6) is 0 Å². The van der Waals surface area contributed by atoms with Gasteiger partial charge in [0.2, 0.25) is 0 Å². The summed E-state index contributed by atoms with van der Waals surface area (Å²) in [7, 11) is 1.69. The number of rotatable bonds is 4. The van der Waals surface area contributed by atoms with Gasteiger partial charge in [0.05, 0.1) is 0 Å². The molecule has 1 nitrogen and oxygen atoms in total. The number of halogens is 4. The topological polar surface area (TPSA) is 12.0 Å². The highest BCUT2D eigenvalue weighted by molar-refractivity contribution is 9.10. The summed E-state index contributed by atoms with van der Waals surface area (Å²) in [5, 5.41) is 3.00. The van der Waals surface area contributed by atoms with Crippen molar-refractivity contribution in [2.45, 2.75) is 12.5 Å². The SMILES string of the molecule is CNC(Cc1cccc(F)c1F)c1cc(F)ccc1Br. The molecule has 1 unspecified atom stereocenters. The van der Waals surface area contributed by atoms with Gasteiger partial charge in [-0.05, 0) is 48.9 Å². The molecule has 0 bridgehead atoms. The van der Waals surface area contributed by atoms with E-state index in [0.717, 1.165) is 10.5 Å². The lowest BCUT2D eigenvalue weighted by Crippen LogP contribution is -2.20. The molecule has 0 saturated carbocycles. The van der Waals surface area contributed by atoms with Crippen LogP contribution in [-0.2, 0) is 6.42 Å². The van der Waals surface area contributed by atoms with Crippen LogP contribution >= 0.6 is 15.9 Å². The minimum atomic E-state index is -0.879. The Kier molecular flexibility index (Phi) is 4.83. The molecule has 0 aliphatic heterocycles. The van der Waals surface area contributed by atoms with E-state index < -0.39 is 11.6 Å². The maximum Gasteiger partial charge on any atom is 0.162 e. The minimum absolute atomic E-state index is 0.224. The van der Waals surface area contributed by atoms with Crippen molar-refractivity contribution >= 4 is 15.9 Å². The summed E-state index contributed by atoms with van der Waals surface area (Å²) in [6.45, 7) is 0. The summed E-state index contributed by atoms with van der Waals surface area (Å²) in [5.41, 5.74) is 0.914. The molecule has 0 spiro atoms. The third-order valence-electron chi connectivity index (χ3n) is 3.14. The first kappa shape index (κ1) is 15.1. The van der Waals surface area contributed by atoms with Crippen molar-refractivity contribution < 1.29 is 13.2 Å². The lowest BCUT2D eigenvalue weighted by molar-refractivity contribution is 0.486. The number of likely N-dealkylation sites (N-methyl/N-ethyl adjacent to an activating group) is 1. The van der Waals surface area contributed by atoms with Crippen LogP contribution in [0.1, 0.15) is 17.2 Å². The zero-order chi connectivity index (χ0) is 14.7. The first-order valence-corrected chi connectivity index (χ1v) is 6.87. The first-order valence-electron chi connectivity index (χ1n) is 6.08. The third-order valence-corrected chi connectivity index (χ3v) is 3.86. The molecule has 2 aromatic rings. The van der Waals surface area contributed by atoms with Gasteiger partial charge >= 0.3 is 0 Å². The van der Waals surface area contributed by atoms with Crippen molar-refractivity contribution in [3.05, 3.63) is 69.4 Å². The molecular formula is C15H13BrF3N. The molecule has 0 aromatic heterocycles. The molecule has 0 saturated heterocycles. The smallest absolute Gasteiger partial charge is 0.162 e. The fourth-order valence-corrected chi connectivity index (χ4v) is 2.60. The Hall–Kier alpha value is -1.33. The highest BCUT2D eigenvalue weighted by atomic mass is 79.9. The number of hydrogen-bond donors (Lipinski definition) is 1. The molecule has 106 valence electrons. The maximum absolute atomic E-state index is 13.7. The van der Waals surface area contributed by atoms with Gasteiger partial charge in [-0.3, -0.25) is 0 Å². The van der Waals surface area contributed by atoms with Crippen molar-refractivity contribution in [2.24, 2.45) is 0 Å². The molecule has 0 aliphatic carbocycles. The molecule has 0 radical (unpaired) electrons. The fourth-order valence-electron chi connectivity index (χ4n) is 2.08. The second-order valence-electron chi connectivity index (χ2n) is 4.42. The van der Waals surface area contributed by atoms with Crippen LogP contribution in [0.3, 0.4) is 0 Å². The van der Waals surface area contributed by atoms with Crippen molar-refractivity contribution in [1.82, 2.24) is 5.32 Å². The molecule has 2 rings (SSSR count). The van der Waals surface area contributed by atoms with E-state index in [1.165, 1.54) is 24.3 Å². The van der Waals surface area contributed by atoms with Gasteiger partial charge in [0.1, 0.15) is 5.82 Å². The van der Waals surface area contributed by atoms with Gasteiger partial charge in [-0.2, -0.15) is 0 Å². The number of nitrogens with one attached hydrogen (secondary N) is 1. The molecule has 0 fully saturated rings. The van der Waals surface area contributed by atoms with Crippen molar-refractivity contribution in [1.29, 1.82) is 0 Å². The Balaban J connectivity index is 2.34. The van der Waals surface area contributed by atoms with Crippen LogP contribution in [0.25, 0.3) is 0 Å². The van der Waals surface area contributed by atoms with E-state index in [0.29, 0.717) is 5.56 Å². The van der Waals surface area contributed by atoms with E-state index in [1.807, 2.05) is 0 Å². The van der Waals surface area contributed by atoms with Crippen molar-refractivity contribution in [3.63, 3.8) is 0 Å². The summed E-state index contributed by atoms with van der Waals surface area (Å²) in [4.78, 5) is 0. The largest absolute Gasteiger partial charge is 0.313 e. The summed E-state index contributed by atoms with van der Waals surface area (Å²) in [5.74, 6) is -2.11. The second-order valence-corrected chi connectivity index (χ2v) is 5.28. The normalized spacial score (nSPS) is 12.4. The molecule has 0 aliphatic rings. The summed E-state index contributed by atoms with van der Waals surface area (Å²) < 4.78 is 41.0. The fraction of sp³-hybridized carbons (Fsp3) is 0.200. The Labute approximate surface area is 123 Å². The highest BCUT2D eigenvalue weighted by Crippen LogP contribution is 2.27. The van der Waals surface area contributed by atoms with Gasteiger partial charge in [-0.1, -0.05) is 28.1 Å². The summed E-state index contributed by atoms with van der Waals surface area (Å²) in [6, 6.07) is 8.04. The molecule has 0 heterocycles. The average Bonchev–Trinajstić information content (AvgIpc) is 2.43. The Morgan fingerprint density at radius 3 is 2.60 bits per heavy atom. The average molecular weight is 344 g/mol. The van der Waals surface area contributed by atoms with Crippen molar-refractivity contribution in [3.8, 4) is 0 Å². The first-order chi connectivity index (χ1) is 9.52. The Bertz CT molecular complexity index is 616.